The zero-order valence-electron chi connectivity index (χ0n) is 16.4. The van der Waals surface area contributed by atoms with Gasteiger partial charge >= 0.3 is 0 Å². The summed E-state index contributed by atoms with van der Waals surface area (Å²) in [5.41, 5.74) is 3.49. The zero-order chi connectivity index (χ0) is 20.1. The van der Waals surface area contributed by atoms with Gasteiger partial charge in [0.05, 0.1) is 5.69 Å². The minimum atomic E-state index is -0.225. The van der Waals surface area contributed by atoms with Gasteiger partial charge in [-0.15, -0.1) is 0 Å². The molecular formula is C22H25N3O3. The van der Waals surface area contributed by atoms with E-state index >= 15 is 0 Å². The molecule has 0 bridgehead atoms. The lowest BCUT2D eigenvalue weighted by Crippen LogP contribution is -2.42. The number of ether oxygens (including phenoxy) is 1. The van der Waals surface area contributed by atoms with E-state index < -0.39 is 0 Å². The van der Waals surface area contributed by atoms with Crippen molar-refractivity contribution < 1.29 is 14.3 Å². The molecule has 1 aliphatic heterocycles. The summed E-state index contributed by atoms with van der Waals surface area (Å²) in [7, 11) is 3.93. The molecular weight excluding hydrogens is 354 g/mol. The van der Waals surface area contributed by atoms with Crippen LogP contribution in [0.1, 0.15) is 11.1 Å². The summed E-state index contributed by atoms with van der Waals surface area (Å²) in [5, 5.41) is 2.83. The van der Waals surface area contributed by atoms with Crippen molar-refractivity contribution in [2.75, 3.05) is 44.0 Å². The van der Waals surface area contributed by atoms with Gasteiger partial charge < -0.3 is 19.9 Å². The second-order valence-corrected chi connectivity index (χ2v) is 7.05. The first-order valence-electron chi connectivity index (χ1n) is 9.20. The van der Waals surface area contributed by atoms with Crippen LogP contribution in [0.3, 0.4) is 0 Å². The van der Waals surface area contributed by atoms with Gasteiger partial charge in [-0.1, -0.05) is 29.8 Å². The van der Waals surface area contributed by atoms with E-state index in [0.29, 0.717) is 18.0 Å². The first-order chi connectivity index (χ1) is 13.4. The number of rotatable bonds is 6. The van der Waals surface area contributed by atoms with Crippen molar-refractivity contribution in [2.45, 2.75) is 6.92 Å². The molecule has 2 amide bonds. The van der Waals surface area contributed by atoms with E-state index in [9.17, 15) is 9.59 Å². The number of aryl methyl sites for hydroxylation is 1. The fraction of sp³-hybridized carbons (Fsp3) is 0.273. The van der Waals surface area contributed by atoms with Crippen molar-refractivity contribution in [3.63, 3.8) is 0 Å². The Morgan fingerprint density at radius 2 is 1.96 bits per heavy atom. The minimum Gasteiger partial charge on any atom is -0.481 e. The lowest BCUT2D eigenvalue weighted by atomic mass is 10.1. The molecule has 0 radical (unpaired) electrons. The summed E-state index contributed by atoms with van der Waals surface area (Å²) in [6.07, 6.45) is 3.27. The van der Waals surface area contributed by atoms with Crippen LogP contribution in [-0.2, 0) is 9.59 Å². The van der Waals surface area contributed by atoms with E-state index in [1.807, 2.05) is 50.2 Å². The molecule has 0 aliphatic carbocycles. The third-order valence-corrected chi connectivity index (χ3v) is 4.45. The van der Waals surface area contributed by atoms with Crippen LogP contribution in [-0.4, -0.2) is 50.5 Å². The third kappa shape index (κ3) is 4.98. The van der Waals surface area contributed by atoms with Crippen LogP contribution in [0.5, 0.6) is 5.75 Å². The molecule has 0 spiro atoms. The highest BCUT2D eigenvalue weighted by Crippen LogP contribution is 2.34. The Kier molecular flexibility index (Phi) is 6.11. The zero-order valence-corrected chi connectivity index (χ0v) is 16.4. The lowest BCUT2D eigenvalue weighted by Gasteiger charge is -2.30. The maximum absolute atomic E-state index is 12.2. The number of nitrogens with zero attached hydrogens (tertiary/aromatic N) is 2. The molecule has 146 valence electrons. The summed E-state index contributed by atoms with van der Waals surface area (Å²) in [6, 6.07) is 13.3. The summed E-state index contributed by atoms with van der Waals surface area (Å²) in [5.74, 6) is 0.308. The first kappa shape index (κ1) is 19.6. The number of hydrogen-bond donors (Lipinski definition) is 1. The number of carbonyl (C=O) groups is 2. The summed E-state index contributed by atoms with van der Waals surface area (Å²) < 4.78 is 5.56. The first-order valence-corrected chi connectivity index (χ1v) is 9.20. The molecule has 2 aromatic carbocycles. The van der Waals surface area contributed by atoms with Gasteiger partial charge in [0.2, 0.25) is 5.91 Å². The SMILES string of the molecule is Cc1ccc(/C=C/C(=O)Nc2ccc3c(c2)OCC(=O)N3CCN(C)C)cc1. The van der Waals surface area contributed by atoms with Crippen molar-refractivity contribution in [1.82, 2.24) is 4.90 Å². The van der Waals surface area contributed by atoms with Crippen LogP contribution in [0.25, 0.3) is 6.08 Å². The minimum absolute atomic E-state index is 0.00511. The molecule has 0 unspecified atom stereocenters. The van der Waals surface area contributed by atoms with Crippen molar-refractivity contribution in [1.29, 1.82) is 0 Å². The predicted molar refractivity (Wildman–Crippen MR) is 112 cm³/mol. The van der Waals surface area contributed by atoms with Crippen molar-refractivity contribution >= 4 is 29.3 Å². The number of fused-ring (bicyclic) bond motifs is 1. The molecule has 6 nitrogen and oxygen atoms in total. The van der Waals surface area contributed by atoms with Crippen LogP contribution < -0.4 is 15.0 Å². The fourth-order valence-corrected chi connectivity index (χ4v) is 2.86. The number of anilines is 2. The maximum Gasteiger partial charge on any atom is 0.265 e. The molecule has 0 saturated carbocycles. The van der Waals surface area contributed by atoms with Crippen LogP contribution in [0, 0.1) is 6.92 Å². The normalized spacial score (nSPS) is 13.6. The Morgan fingerprint density at radius 1 is 1.21 bits per heavy atom. The van der Waals surface area contributed by atoms with E-state index in [0.717, 1.165) is 17.8 Å². The highest BCUT2D eigenvalue weighted by Gasteiger charge is 2.25. The Hall–Kier alpha value is -3.12. The summed E-state index contributed by atoms with van der Waals surface area (Å²) in [6.45, 7) is 3.37. The molecule has 0 saturated heterocycles. The van der Waals surface area contributed by atoms with Crippen LogP contribution in [0.4, 0.5) is 11.4 Å². The number of carbonyl (C=O) groups excluding carboxylic acids is 2. The van der Waals surface area contributed by atoms with Gasteiger partial charge in [0.15, 0.2) is 6.61 Å². The number of amides is 2. The summed E-state index contributed by atoms with van der Waals surface area (Å²) in [4.78, 5) is 28.1. The highest BCUT2D eigenvalue weighted by atomic mass is 16.5. The fourth-order valence-electron chi connectivity index (χ4n) is 2.86. The number of benzene rings is 2. The van der Waals surface area contributed by atoms with Gasteiger partial charge in [0.25, 0.3) is 5.91 Å². The Balaban J connectivity index is 1.68. The highest BCUT2D eigenvalue weighted by molar-refractivity contribution is 6.03. The van der Waals surface area contributed by atoms with Gasteiger partial charge in [0, 0.05) is 30.9 Å². The Bertz CT molecular complexity index is 888. The van der Waals surface area contributed by atoms with E-state index in [2.05, 4.69) is 5.32 Å². The molecule has 0 atom stereocenters. The van der Waals surface area contributed by atoms with E-state index in [-0.39, 0.29) is 18.4 Å². The van der Waals surface area contributed by atoms with Crippen LogP contribution in [0.2, 0.25) is 0 Å². The molecule has 2 aromatic rings. The molecule has 28 heavy (non-hydrogen) atoms. The Morgan fingerprint density at radius 3 is 2.68 bits per heavy atom. The smallest absolute Gasteiger partial charge is 0.265 e. The molecule has 6 heteroatoms. The van der Waals surface area contributed by atoms with Crippen molar-refractivity contribution in [2.24, 2.45) is 0 Å². The average Bonchev–Trinajstić information content (AvgIpc) is 2.66. The average molecular weight is 379 g/mol. The standard InChI is InChI=1S/C22H25N3O3/c1-16-4-6-17(7-5-16)8-11-21(26)23-18-9-10-19-20(14-18)28-15-22(27)25(19)13-12-24(2)3/h4-11,14H,12-13,15H2,1-3H3,(H,23,26)/b11-8+. The van der Waals surface area contributed by atoms with E-state index in [1.165, 1.54) is 11.6 Å². The topological polar surface area (TPSA) is 61.9 Å². The van der Waals surface area contributed by atoms with E-state index in [1.54, 1.807) is 29.2 Å². The molecule has 3 rings (SSSR count). The second kappa shape index (κ2) is 8.71. The largest absolute Gasteiger partial charge is 0.481 e. The van der Waals surface area contributed by atoms with Crippen molar-refractivity contribution in [3.05, 3.63) is 59.7 Å². The molecule has 0 aromatic heterocycles. The van der Waals surface area contributed by atoms with Crippen LogP contribution >= 0.6 is 0 Å². The van der Waals surface area contributed by atoms with Gasteiger partial charge in [-0.2, -0.15) is 0 Å². The molecule has 1 N–H and O–H groups in total. The number of hydrogen-bond acceptors (Lipinski definition) is 4. The number of likely N-dealkylation sites (N-methyl/N-ethyl adjacent to an activating group) is 1. The Labute approximate surface area is 165 Å². The second-order valence-electron chi connectivity index (χ2n) is 7.05. The van der Waals surface area contributed by atoms with Crippen LogP contribution in [0.15, 0.2) is 48.5 Å². The molecule has 0 fully saturated rings. The quantitative estimate of drug-likeness (QED) is 0.784. The molecule has 1 aliphatic rings. The van der Waals surface area contributed by atoms with Gasteiger partial charge in [-0.05, 0) is 44.8 Å². The molecule has 1 heterocycles. The van der Waals surface area contributed by atoms with Gasteiger partial charge in [0.1, 0.15) is 5.75 Å². The van der Waals surface area contributed by atoms with E-state index in [4.69, 9.17) is 4.74 Å². The third-order valence-electron chi connectivity index (χ3n) is 4.45. The predicted octanol–water partition coefficient (Wildman–Crippen LogP) is 2.93. The monoisotopic (exact) mass is 379 g/mol. The summed E-state index contributed by atoms with van der Waals surface area (Å²) >= 11 is 0. The van der Waals surface area contributed by atoms with Crippen molar-refractivity contribution in [3.8, 4) is 5.75 Å². The van der Waals surface area contributed by atoms with Gasteiger partial charge in [-0.25, -0.2) is 0 Å². The maximum atomic E-state index is 12.2. The number of nitrogens with one attached hydrogen (secondary N) is 1. The van der Waals surface area contributed by atoms with Gasteiger partial charge in [-0.3, -0.25) is 9.59 Å². The lowest BCUT2D eigenvalue weighted by molar-refractivity contribution is -0.121.